The zero-order valence-electron chi connectivity index (χ0n) is 7.77. The Morgan fingerprint density at radius 1 is 1.50 bits per heavy atom. The van der Waals surface area contributed by atoms with E-state index >= 15 is 0 Å². The van der Waals surface area contributed by atoms with E-state index in [1.807, 2.05) is 10.6 Å². The van der Waals surface area contributed by atoms with Gasteiger partial charge in [-0.1, -0.05) is 11.6 Å². The van der Waals surface area contributed by atoms with E-state index in [9.17, 15) is 0 Å². The van der Waals surface area contributed by atoms with Crippen LogP contribution in [0.5, 0.6) is 0 Å². The lowest BCUT2D eigenvalue weighted by atomic mass is 10.4. The summed E-state index contributed by atoms with van der Waals surface area (Å²) in [4.78, 5) is 8.14. The maximum atomic E-state index is 5.89. The molecule has 2 rings (SSSR count). The Balaban J connectivity index is 2.42. The van der Waals surface area contributed by atoms with E-state index in [0.29, 0.717) is 11.8 Å². The molecule has 0 saturated carbocycles. The van der Waals surface area contributed by atoms with Crippen LogP contribution < -0.4 is 0 Å². The Morgan fingerprint density at radius 2 is 2.36 bits per heavy atom. The van der Waals surface area contributed by atoms with Crippen LogP contribution in [0.4, 0.5) is 0 Å². The van der Waals surface area contributed by atoms with Crippen LogP contribution in [0, 0.1) is 0 Å². The lowest BCUT2D eigenvalue weighted by Crippen LogP contribution is -2.02. The molecular weight excluding hydrogens is 202 g/mol. The molecule has 2 aromatic heterocycles. The summed E-state index contributed by atoms with van der Waals surface area (Å²) in [6.07, 6.45) is 3.42. The van der Waals surface area contributed by atoms with Crippen molar-refractivity contribution >= 4 is 22.6 Å². The molecule has 0 aliphatic heterocycles. The molecule has 0 bridgehead atoms. The molecule has 4 nitrogen and oxygen atoms in total. The molecule has 0 amide bonds. The van der Waals surface area contributed by atoms with Crippen LogP contribution in [0.15, 0.2) is 18.6 Å². The van der Waals surface area contributed by atoms with Gasteiger partial charge in [0.15, 0.2) is 5.15 Å². The molecule has 14 heavy (non-hydrogen) atoms. The molecule has 2 heterocycles. The van der Waals surface area contributed by atoms with Gasteiger partial charge in [0.2, 0.25) is 0 Å². The van der Waals surface area contributed by atoms with Crippen LogP contribution in [0.25, 0.3) is 11.0 Å². The number of hydrogen-bond acceptors (Lipinski definition) is 3. The highest BCUT2D eigenvalue weighted by Gasteiger charge is 2.05. The summed E-state index contributed by atoms with van der Waals surface area (Å²) in [5.74, 6) is 0. The zero-order chi connectivity index (χ0) is 9.97. The first kappa shape index (κ1) is 9.43. The smallest absolute Gasteiger partial charge is 0.156 e. The highest BCUT2D eigenvalue weighted by Crippen LogP contribution is 2.18. The number of nitrogens with zero attached hydrogens (tertiary/aromatic N) is 3. The standard InChI is InChI=1S/C9H10ClN3O/c1-14-5-4-13-6-12-8-7(13)2-3-11-9(8)10/h2-3,6H,4-5H2,1H3. The fraction of sp³-hybridized carbons (Fsp3) is 0.333. The van der Waals surface area contributed by atoms with Crippen LogP contribution in [-0.2, 0) is 11.3 Å². The number of hydrogen-bond donors (Lipinski definition) is 0. The van der Waals surface area contributed by atoms with Gasteiger partial charge in [-0.2, -0.15) is 0 Å². The summed E-state index contributed by atoms with van der Waals surface area (Å²) in [7, 11) is 1.67. The first-order chi connectivity index (χ1) is 6.83. The number of fused-ring (bicyclic) bond motifs is 1. The Hall–Kier alpha value is -1.13. The molecule has 0 unspecified atom stereocenters. The van der Waals surface area contributed by atoms with Gasteiger partial charge in [0.25, 0.3) is 0 Å². The van der Waals surface area contributed by atoms with Crippen LogP contribution in [-0.4, -0.2) is 28.3 Å². The molecule has 0 saturated heterocycles. The highest BCUT2D eigenvalue weighted by atomic mass is 35.5. The average Bonchev–Trinajstić information content (AvgIpc) is 2.60. The van der Waals surface area contributed by atoms with E-state index in [1.54, 1.807) is 19.6 Å². The number of ether oxygens (including phenoxy) is 1. The lowest BCUT2D eigenvalue weighted by molar-refractivity contribution is 0.188. The second-order valence-electron chi connectivity index (χ2n) is 2.90. The fourth-order valence-corrected chi connectivity index (χ4v) is 1.53. The summed E-state index contributed by atoms with van der Waals surface area (Å²) >= 11 is 5.89. The summed E-state index contributed by atoms with van der Waals surface area (Å²) in [5, 5.41) is 0.443. The van der Waals surface area contributed by atoms with Crippen LogP contribution in [0.2, 0.25) is 5.15 Å². The fourth-order valence-electron chi connectivity index (χ4n) is 1.33. The molecule has 0 N–H and O–H groups in total. The van der Waals surface area contributed by atoms with Crippen LogP contribution >= 0.6 is 11.6 Å². The van der Waals surface area contributed by atoms with Gasteiger partial charge in [0.05, 0.1) is 18.5 Å². The van der Waals surface area contributed by atoms with Crippen molar-refractivity contribution in [3.05, 3.63) is 23.7 Å². The van der Waals surface area contributed by atoms with Crippen molar-refractivity contribution in [2.75, 3.05) is 13.7 Å². The van der Waals surface area contributed by atoms with Crippen molar-refractivity contribution in [3.8, 4) is 0 Å². The first-order valence-electron chi connectivity index (χ1n) is 4.27. The Morgan fingerprint density at radius 3 is 3.14 bits per heavy atom. The van der Waals surface area contributed by atoms with E-state index < -0.39 is 0 Å². The Labute approximate surface area is 86.5 Å². The molecule has 0 aliphatic rings. The maximum Gasteiger partial charge on any atom is 0.156 e. The molecule has 0 aliphatic carbocycles. The number of halogens is 1. The third-order valence-electron chi connectivity index (χ3n) is 2.03. The van der Waals surface area contributed by atoms with E-state index in [-0.39, 0.29) is 0 Å². The highest BCUT2D eigenvalue weighted by molar-refractivity contribution is 6.33. The molecule has 0 radical (unpaired) electrons. The van der Waals surface area contributed by atoms with Crippen molar-refractivity contribution in [1.82, 2.24) is 14.5 Å². The lowest BCUT2D eigenvalue weighted by Gasteiger charge is -2.02. The third kappa shape index (κ3) is 1.58. The Kier molecular flexibility index (Phi) is 2.65. The van der Waals surface area contributed by atoms with Gasteiger partial charge in [-0.25, -0.2) is 9.97 Å². The quantitative estimate of drug-likeness (QED) is 0.726. The summed E-state index contributed by atoms with van der Waals surface area (Å²) < 4.78 is 6.99. The summed E-state index contributed by atoms with van der Waals surface area (Å²) in [6.45, 7) is 1.43. The SMILES string of the molecule is COCCn1cnc2c(Cl)nccc21. The minimum atomic E-state index is 0.443. The van der Waals surface area contributed by atoms with E-state index in [4.69, 9.17) is 16.3 Å². The number of rotatable bonds is 3. The van der Waals surface area contributed by atoms with Crippen molar-refractivity contribution in [1.29, 1.82) is 0 Å². The molecule has 74 valence electrons. The monoisotopic (exact) mass is 211 g/mol. The molecular formula is C9H10ClN3O. The number of methoxy groups -OCH3 is 1. The van der Waals surface area contributed by atoms with Gasteiger partial charge in [0, 0.05) is 19.9 Å². The van der Waals surface area contributed by atoms with Crippen LogP contribution in [0.1, 0.15) is 0 Å². The second kappa shape index (κ2) is 3.94. The predicted molar refractivity (Wildman–Crippen MR) is 54.4 cm³/mol. The van der Waals surface area contributed by atoms with Gasteiger partial charge in [-0.3, -0.25) is 0 Å². The largest absolute Gasteiger partial charge is 0.383 e. The Bertz CT molecular complexity index is 441. The van der Waals surface area contributed by atoms with Crippen molar-refractivity contribution in [2.24, 2.45) is 0 Å². The minimum Gasteiger partial charge on any atom is -0.383 e. The van der Waals surface area contributed by atoms with Crippen LogP contribution in [0.3, 0.4) is 0 Å². The predicted octanol–water partition coefficient (Wildman–Crippen LogP) is 1.73. The first-order valence-corrected chi connectivity index (χ1v) is 4.65. The van der Waals surface area contributed by atoms with Crippen molar-refractivity contribution < 1.29 is 4.74 Å². The topological polar surface area (TPSA) is 39.9 Å². The van der Waals surface area contributed by atoms with Gasteiger partial charge >= 0.3 is 0 Å². The summed E-state index contributed by atoms with van der Waals surface area (Å²) in [5.41, 5.74) is 1.73. The minimum absolute atomic E-state index is 0.443. The molecule has 2 aromatic rings. The number of aromatic nitrogens is 3. The third-order valence-corrected chi connectivity index (χ3v) is 2.31. The van der Waals surface area contributed by atoms with Gasteiger partial charge in [0.1, 0.15) is 5.52 Å². The van der Waals surface area contributed by atoms with Gasteiger partial charge in [-0.05, 0) is 6.07 Å². The van der Waals surface area contributed by atoms with Crippen molar-refractivity contribution in [2.45, 2.75) is 6.54 Å². The van der Waals surface area contributed by atoms with E-state index in [2.05, 4.69) is 9.97 Å². The van der Waals surface area contributed by atoms with E-state index in [1.165, 1.54) is 0 Å². The second-order valence-corrected chi connectivity index (χ2v) is 3.26. The molecule has 0 spiro atoms. The van der Waals surface area contributed by atoms with Crippen molar-refractivity contribution in [3.63, 3.8) is 0 Å². The summed E-state index contributed by atoms with van der Waals surface area (Å²) in [6, 6.07) is 1.89. The molecule has 0 aromatic carbocycles. The average molecular weight is 212 g/mol. The normalized spacial score (nSPS) is 11.0. The maximum absolute atomic E-state index is 5.89. The number of imidazole rings is 1. The van der Waals surface area contributed by atoms with Gasteiger partial charge in [-0.15, -0.1) is 0 Å². The van der Waals surface area contributed by atoms with Gasteiger partial charge < -0.3 is 9.30 Å². The number of pyridine rings is 1. The molecule has 0 fully saturated rings. The zero-order valence-corrected chi connectivity index (χ0v) is 8.53. The van der Waals surface area contributed by atoms with E-state index in [0.717, 1.165) is 17.6 Å². The molecule has 5 heteroatoms. The molecule has 0 atom stereocenters.